The quantitative estimate of drug-likeness (QED) is 0.0386. The van der Waals surface area contributed by atoms with Crippen LogP contribution in [0.1, 0.15) is 125 Å². The third-order valence-corrected chi connectivity index (χ3v) is 24.6. The van der Waals surface area contributed by atoms with Gasteiger partial charge in [-0.2, -0.15) is 33.7 Å². The van der Waals surface area contributed by atoms with Gasteiger partial charge in [-0.15, -0.1) is 0 Å². The molecule has 0 saturated heterocycles. The van der Waals surface area contributed by atoms with Crippen LogP contribution in [0, 0.1) is 0 Å². The molecule has 8 rings (SSSR count). The lowest BCUT2D eigenvalue weighted by molar-refractivity contribution is 0.0228. The summed E-state index contributed by atoms with van der Waals surface area (Å²) in [6, 6.07) is 39.2. The van der Waals surface area contributed by atoms with Crippen LogP contribution in [0.3, 0.4) is 0 Å². The van der Waals surface area contributed by atoms with Gasteiger partial charge in [0, 0.05) is 10.8 Å². The third kappa shape index (κ3) is 15.3. The molecule has 0 aromatic heterocycles. The number of hydrogen-bond donors (Lipinski definition) is 4. The molecule has 0 aliphatic carbocycles. The maximum absolute atomic E-state index is 14.4. The average Bonchev–Trinajstić information content (AvgIpc) is 0.748. The molecule has 0 bridgehead atoms. The molecule has 26 heteroatoms. The second-order valence-electron chi connectivity index (χ2n) is 25.1. The number of ether oxygens (including phenoxy) is 4. The molecule has 20 nitrogen and oxygen atoms in total. The summed E-state index contributed by atoms with van der Waals surface area (Å²) >= 11 is 0. The van der Waals surface area contributed by atoms with Gasteiger partial charge in [0.2, 0.25) is 19.7 Å². The highest BCUT2D eigenvalue weighted by Gasteiger charge is 2.46. The van der Waals surface area contributed by atoms with Gasteiger partial charge in [0.05, 0.1) is 29.4 Å². The van der Waals surface area contributed by atoms with Crippen LogP contribution in [0.15, 0.2) is 209 Å². The van der Waals surface area contributed by atoms with Crippen molar-refractivity contribution in [1.82, 2.24) is 0 Å². The predicted octanol–water partition coefficient (Wildman–Crippen LogP) is 14.7. The molecule has 8 aromatic rings. The van der Waals surface area contributed by atoms with Gasteiger partial charge < -0.3 is 18.9 Å². The minimum absolute atomic E-state index is 0.0185. The Balaban J connectivity index is 0.988. The molecular weight excluding hydrogens is 1330 g/mol. The fraction of sp³-hybridized carbons (Fsp3) is 0.294. The van der Waals surface area contributed by atoms with E-state index in [1.807, 2.05) is 58.9 Å². The Morgan fingerprint density at radius 1 is 0.340 bits per heavy atom. The van der Waals surface area contributed by atoms with E-state index in [-0.39, 0.29) is 34.6 Å². The van der Waals surface area contributed by atoms with Gasteiger partial charge in [0.15, 0.2) is 0 Å². The maximum Gasteiger partial charge on any atom is 0.298 e. The van der Waals surface area contributed by atoms with Crippen molar-refractivity contribution < 1.29 is 87.7 Å². The standard InChI is InChI=1S/C68H74O20S6/c1-13-64(4,5)56-36-32-52(40-60(56)91(73,74)75)89(69,70)54-34-38-58(62(42-54)93(79,80)81)85-48-24-16-44(17-25-48)45-18-26-51(27-19-45)88-67(10,11)68(12,15-3)57-37-33-53(41-61(57)92(76,77)78)90(71,72)55-35-39-59(63(43-55)94(82,83)84)86-49-28-20-46(21-29-49)66(8,9)47-22-30-50(31-23-47)87-65(6,7)14-2/h16-43H,13-15H2,1-12H3,(H,73,74,75)(H,76,77,78)(H,79,80,81)(H,82,83,84). The Morgan fingerprint density at radius 3 is 1.02 bits per heavy atom. The molecule has 0 amide bonds. The number of sulfone groups is 2. The van der Waals surface area contributed by atoms with Crippen molar-refractivity contribution >= 4 is 60.1 Å². The molecule has 4 N–H and O–H groups in total. The fourth-order valence-corrected chi connectivity index (χ4v) is 16.5. The molecule has 0 fully saturated rings. The molecule has 0 heterocycles. The van der Waals surface area contributed by atoms with E-state index in [4.69, 9.17) is 18.9 Å². The Labute approximate surface area is 550 Å². The minimum atomic E-state index is -5.20. The SMILES string of the molecule is CCC(C)(C)Oc1ccc(C(C)(C)c2ccc(Oc3ccc(S(=O)(=O)c4ccc(C(C)(CC)C(C)(C)Oc5ccc(-c6ccc(Oc7ccc(S(=O)(=O)c8ccc(C(C)(C)CC)c(S(=O)(=O)O)c8)cc7S(=O)(=O)O)cc6)cc5)c(S(=O)(=O)O)c4)cc3S(=O)(=O)O)cc2)cc1. The van der Waals surface area contributed by atoms with E-state index in [2.05, 4.69) is 0 Å². The largest absolute Gasteiger partial charge is 0.488 e. The minimum Gasteiger partial charge on any atom is -0.488 e. The van der Waals surface area contributed by atoms with Crippen LogP contribution in [-0.4, -0.2) is 79.9 Å². The van der Waals surface area contributed by atoms with E-state index in [1.165, 1.54) is 24.3 Å². The van der Waals surface area contributed by atoms with Crippen LogP contribution in [0.25, 0.3) is 11.1 Å². The molecule has 94 heavy (non-hydrogen) atoms. The van der Waals surface area contributed by atoms with E-state index in [9.17, 15) is 68.7 Å². The van der Waals surface area contributed by atoms with Gasteiger partial charge >= 0.3 is 0 Å². The van der Waals surface area contributed by atoms with E-state index >= 15 is 0 Å². The van der Waals surface area contributed by atoms with Gasteiger partial charge in [-0.25, -0.2) is 16.8 Å². The van der Waals surface area contributed by atoms with Crippen molar-refractivity contribution in [3.05, 3.63) is 192 Å². The molecule has 1 unspecified atom stereocenters. The van der Waals surface area contributed by atoms with Crippen LogP contribution in [-0.2, 0) is 76.4 Å². The summed E-state index contributed by atoms with van der Waals surface area (Å²) in [6.07, 6.45) is 1.42. The fourth-order valence-electron chi connectivity index (χ4n) is 10.6. The van der Waals surface area contributed by atoms with E-state index in [0.29, 0.717) is 35.4 Å². The lowest BCUT2D eigenvalue weighted by Crippen LogP contribution is -2.50. The van der Waals surface area contributed by atoms with Gasteiger partial charge in [-0.3, -0.25) is 18.2 Å². The second kappa shape index (κ2) is 25.9. The van der Waals surface area contributed by atoms with Crippen LogP contribution in [0.5, 0.6) is 34.5 Å². The van der Waals surface area contributed by atoms with Gasteiger partial charge in [0.1, 0.15) is 55.5 Å². The first kappa shape index (κ1) is 72.3. The highest BCUT2D eigenvalue weighted by molar-refractivity contribution is 7.92. The molecule has 0 aliphatic rings. The van der Waals surface area contributed by atoms with Crippen LogP contribution in [0.2, 0.25) is 0 Å². The molecule has 0 saturated carbocycles. The zero-order valence-electron chi connectivity index (χ0n) is 53.6. The monoisotopic (exact) mass is 1400 g/mol. The van der Waals surface area contributed by atoms with E-state index in [1.54, 1.807) is 109 Å². The maximum atomic E-state index is 14.4. The highest BCUT2D eigenvalue weighted by Crippen LogP contribution is 2.46. The van der Waals surface area contributed by atoms with Crippen molar-refractivity contribution in [2.75, 3.05) is 0 Å². The van der Waals surface area contributed by atoms with Gasteiger partial charge in [-0.05, 0) is 195 Å². The van der Waals surface area contributed by atoms with E-state index < -0.39 is 133 Å². The predicted molar refractivity (Wildman–Crippen MR) is 354 cm³/mol. The molecule has 8 aromatic carbocycles. The van der Waals surface area contributed by atoms with Crippen LogP contribution >= 0.6 is 0 Å². The molecule has 0 spiro atoms. The first-order valence-corrected chi connectivity index (χ1v) is 38.1. The van der Waals surface area contributed by atoms with Gasteiger partial charge in [0.25, 0.3) is 40.5 Å². The highest BCUT2D eigenvalue weighted by atomic mass is 32.2. The lowest BCUT2D eigenvalue weighted by Gasteiger charge is -2.45. The Kier molecular flexibility index (Phi) is 19.9. The van der Waals surface area contributed by atoms with Crippen molar-refractivity contribution in [2.45, 2.75) is 169 Å². The Morgan fingerprint density at radius 2 is 0.660 bits per heavy atom. The van der Waals surface area contributed by atoms with Gasteiger partial charge in [-0.1, -0.05) is 116 Å². The van der Waals surface area contributed by atoms with Crippen molar-refractivity contribution in [2.24, 2.45) is 0 Å². The summed E-state index contributed by atoms with van der Waals surface area (Å²) in [5, 5.41) is 0. The van der Waals surface area contributed by atoms with Crippen LogP contribution < -0.4 is 18.9 Å². The van der Waals surface area contributed by atoms with Crippen molar-refractivity contribution in [3.8, 4) is 45.6 Å². The summed E-state index contributed by atoms with van der Waals surface area (Å²) in [7, 11) is -29.9. The summed E-state index contributed by atoms with van der Waals surface area (Å²) in [5.74, 6) is 0.400. The number of hydrogen-bond acceptors (Lipinski definition) is 16. The average molecular weight is 1400 g/mol. The zero-order valence-corrected chi connectivity index (χ0v) is 58.5. The second-order valence-corrected chi connectivity index (χ2v) is 34.6. The molecular formula is C68H74O20S6. The Hall–Kier alpha value is -7.50. The molecule has 0 aliphatic heterocycles. The molecule has 502 valence electrons. The lowest BCUT2D eigenvalue weighted by atomic mass is 9.68. The first-order valence-electron chi connectivity index (χ1n) is 29.4. The molecule has 1 atom stereocenters. The summed E-state index contributed by atoms with van der Waals surface area (Å²) in [6.45, 7) is 22.1. The Bertz CT molecular complexity index is 4910. The topological polar surface area (TPSA) is 323 Å². The number of rotatable bonds is 25. The summed E-state index contributed by atoms with van der Waals surface area (Å²) in [4.78, 5) is -5.74. The molecule has 0 radical (unpaired) electrons. The third-order valence-electron chi connectivity index (χ3n) is 17.6. The smallest absolute Gasteiger partial charge is 0.298 e. The summed E-state index contributed by atoms with van der Waals surface area (Å²) < 4.78 is 225. The normalized spacial score (nSPS) is 13.8. The van der Waals surface area contributed by atoms with Crippen molar-refractivity contribution in [1.29, 1.82) is 0 Å². The summed E-state index contributed by atoms with van der Waals surface area (Å²) in [5.41, 5.74) is -0.969. The van der Waals surface area contributed by atoms with E-state index in [0.717, 1.165) is 71.8 Å². The number of benzene rings is 8. The first-order chi connectivity index (χ1) is 43.3. The van der Waals surface area contributed by atoms with Crippen molar-refractivity contribution in [3.63, 3.8) is 0 Å². The zero-order chi connectivity index (χ0) is 69.8. The van der Waals surface area contributed by atoms with Crippen LogP contribution in [0.4, 0.5) is 0 Å².